The molecule has 1 aliphatic rings. The molecule has 1 fully saturated rings. The fourth-order valence-corrected chi connectivity index (χ4v) is 5.63. The molecule has 0 unspecified atom stereocenters. The van der Waals surface area contributed by atoms with Crippen LogP contribution < -0.4 is 0 Å². The van der Waals surface area contributed by atoms with Crippen molar-refractivity contribution in [2.75, 3.05) is 5.75 Å². The Labute approximate surface area is 164 Å². The molecule has 1 aromatic rings. The molecule has 1 saturated carbocycles. The summed E-state index contributed by atoms with van der Waals surface area (Å²) in [4.78, 5) is 3.03. The summed E-state index contributed by atoms with van der Waals surface area (Å²) in [5.41, 5.74) is 1.35. The highest BCUT2D eigenvalue weighted by molar-refractivity contribution is 8.06. The van der Waals surface area contributed by atoms with Crippen molar-refractivity contribution in [1.82, 2.24) is 0 Å². The minimum atomic E-state index is 0.803. The molecule has 0 amide bonds. The molecule has 0 aliphatic heterocycles. The SMILES string of the molecule is CCCCCCCCS/C=C(\Sc1ccc(C)cc1)C1CCCCC1. The summed E-state index contributed by atoms with van der Waals surface area (Å²) >= 11 is 4.08. The maximum Gasteiger partial charge on any atom is 0.0119 e. The quantitative estimate of drug-likeness (QED) is 0.280. The van der Waals surface area contributed by atoms with Crippen molar-refractivity contribution in [3.63, 3.8) is 0 Å². The van der Waals surface area contributed by atoms with Crippen molar-refractivity contribution in [2.24, 2.45) is 5.92 Å². The van der Waals surface area contributed by atoms with E-state index < -0.39 is 0 Å². The fourth-order valence-electron chi connectivity index (χ4n) is 3.44. The lowest BCUT2D eigenvalue weighted by Crippen LogP contribution is -2.07. The summed E-state index contributed by atoms with van der Waals surface area (Å²) in [6, 6.07) is 9.05. The lowest BCUT2D eigenvalue weighted by atomic mass is 9.89. The maximum absolute atomic E-state index is 2.51. The Morgan fingerprint density at radius 1 is 0.960 bits per heavy atom. The molecule has 2 rings (SSSR count). The number of allylic oxidation sites excluding steroid dienone is 1. The lowest BCUT2D eigenvalue weighted by Gasteiger charge is -2.24. The summed E-state index contributed by atoms with van der Waals surface area (Å²) in [5, 5.41) is 2.51. The zero-order chi connectivity index (χ0) is 17.7. The summed E-state index contributed by atoms with van der Waals surface area (Å²) in [5.74, 6) is 2.09. The van der Waals surface area contributed by atoms with Gasteiger partial charge in [0.15, 0.2) is 0 Å². The smallest absolute Gasteiger partial charge is 0.0119 e. The van der Waals surface area contributed by atoms with Crippen molar-refractivity contribution < 1.29 is 0 Å². The zero-order valence-electron chi connectivity index (χ0n) is 16.3. The molecule has 0 atom stereocenters. The van der Waals surface area contributed by atoms with E-state index in [0.29, 0.717) is 0 Å². The first kappa shape index (κ1) is 21.0. The van der Waals surface area contributed by atoms with E-state index in [1.165, 1.54) is 86.8 Å². The molecule has 0 heterocycles. The highest BCUT2D eigenvalue weighted by Gasteiger charge is 2.18. The standard InChI is InChI=1S/C23H36S2/c1-3-4-5-6-7-11-18-24-19-23(21-12-9-8-10-13-21)25-22-16-14-20(2)15-17-22/h14-17,19,21H,3-13,18H2,1-2H3/b23-19-. The number of rotatable bonds is 11. The maximum atomic E-state index is 2.51. The van der Waals surface area contributed by atoms with Crippen LogP contribution in [0.4, 0.5) is 0 Å². The van der Waals surface area contributed by atoms with Crippen molar-refractivity contribution >= 4 is 23.5 Å². The highest BCUT2D eigenvalue weighted by Crippen LogP contribution is 2.40. The number of hydrogen-bond acceptors (Lipinski definition) is 2. The molecule has 1 aromatic carbocycles. The highest BCUT2D eigenvalue weighted by atomic mass is 32.2. The summed E-state index contributed by atoms with van der Waals surface area (Å²) in [6.07, 6.45) is 15.4. The Bertz CT molecular complexity index is 483. The molecule has 2 heteroatoms. The molecule has 25 heavy (non-hydrogen) atoms. The van der Waals surface area contributed by atoms with Crippen LogP contribution in [0.2, 0.25) is 0 Å². The van der Waals surface area contributed by atoms with Crippen LogP contribution in [-0.4, -0.2) is 5.75 Å². The van der Waals surface area contributed by atoms with Gasteiger partial charge in [-0.15, -0.1) is 11.8 Å². The van der Waals surface area contributed by atoms with Gasteiger partial charge in [0.1, 0.15) is 0 Å². The van der Waals surface area contributed by atoms with Crippen LogP contribution in [0, 0.1) is 12.8 Å². The number of benzene rings is 1. The van der Waals surface area contributed by atoms with Gasteiger partial charge in [0, 0.05) is 4.90 Å². The molecular weight excluding hydrogens is 340 g/mol. The Balaban J connectivity index is 1.82. The third kappa shape index (κ3) is 8.73. The fraction of sp³-hybridized carbons (Fsp3) is 0.652. The van der Waals surface area contributed by atoms with Gasteiger partial charge in [-0.25, -0.2) is 0 Å². The van der Waals surface area contributed by atoms with Gasteiger partial charge < -0.3 is 0 Å². The van der Waals surface area contributed by atoms with Crippen molar-refractivity contribution in [1.29, 1.82) is 0 Å². The van der Waals surface area contributed by atoms with E-state index >= 15 is 0 Å². The third-order valence-corrected chi connectivity index (χ3v) is 7.37. The van der Waals surface area contributed by atoms with Gasteiger partial charge in [-0.1, -0.05) is 87.7 Å². The number of aryl methyl sites for hydroxylation is 1. The van der Waals surface area contributed by atoms with E-state index in [2.05, 4.69) is 55.3 Å². The van der Waals surface area contributed by atoms with Gasteiger partial charge in [-0.05, 0) is 60.3 Å². The third-order valence-electron chi connectivity index (χ3n) is 5.08. The summed E-state index contributed by atoms with van der Waals surface area (Å²) in [7, 11) is 0. The second-order valence-corrected chi connectivity index (χ2v) is 9.53. The minimum absolute atomic E-state index is 0.803. The summed E-state index contributed by atoms with van der Waals surface area (Å²) < 4.78 is 0. The molecule has 140 valence electrons. The second kappa shape index (κ2) is 12.9. The Morgan fingerprint density at radius 2 is 1.64 bits per heavy atom. The van der Waals surface area contributed by atoms with Crippen molar-refractivity contribution in [3.05, 3.63) is 40.1 Å². The van der Waals surface area contributed by atoms with Gasteiger partial charge in [0.2, 0.25) is 0 Å². The van der Waals surface area contributed by atoms with Gasteiger partial charge in [0.05, 0.1) is 0 Å². The molecular formula is C23H36S2. The second-order valence-electron chi connectivity index (χ2n) is 7.41. The first-order chi connectivity index (χ1) is 12.3. The topological polar surface area (TPSA) is 0 Å². The van der Waals surface area contributed by atoms with E-state index in [9.17, 15) is 0 Å². The molecule has 0 spiro atoms. The van der Waals surface area contributed by atoms with Crippen LogP contribution in [0.1, 0.15) is 83.1 Å². The van der Waals surface area contributed by atoms with Crippen LogP contribution >= 0.6 is 23.5 Å². The summed E-state index contributed by atoms with van der Waals surface area (Å²) in [6.45, 7) is 4.46. The molecule has 1 aliphatic carbocycles. The molecule has 0 bridgehead atoms. The minimum Gasteiger partial charge on any atom is -0.133 e. The van der Waals surface area contributed by atoms with E-state index in [1.807, 2.05) is 11.8 Å². The van der Waals surface area contributed by atoms with Crippen LogP contribution in [0.3, 0.4) is 0 Å². The Kier molecular flexibility index (Phi) is 10.8. The average Bonchev–Trinajstić information content (AvgIpc) is 2.65. The van der Waals surface area contributed by atoms with Gasteiger partial charge >= 0.3 is 0 Å². The number of thioether (sulfide) groups is 2. The lowest BCUT2D eigenvalue weighted by molar-refractivity contribution is 0.415. The van der Waals surface area contributed by atoms with Crippen LogP contribution in [0.15, 0.2) is 39.5 Å². The Hall–Kier alpha value is -0.340. The van der Waals surface area contributed by atoms with Crippen LogP contribution in [-0.2, 0) is 0 Å². The van der Waals surface area contributed by atoms with Crippen molar-refractivity contribution in [2.45, 2.75) is 89.4 Å². The first-order valence-electron chi connectivity index (χ1n) is 10.4. The van der Waals surface area contributed by atoms with Gasteiger partial charge in [-0.2, -0.15) is 0 Å². The Morgan fingerprint density at radius 3 is 2.36 bits per heavy atom. The van der Waals surface area contributed by atoms with Crippen LogP contribution in [0.25, 0.3) is 0 Å². The van der Waals surface area contributed by atoms with Gasteiger partial charge in [-0.3, -0.25) is 0 Å². The monoisotopic (exact) mass is 376 g/mol. The molecule has 0 aromatic heterocycles. The molecule has 0 radical (unpaired) electrons. The number of unbranched alkanes of at least 4 members (excludes halogenated alkanes) is 5. The van der Waals surface area contributed by atoms with Crippen molar-refractivity contribution in [3.8, 4) is 0 Å². The van der Waals surface area contributed by atoms with Gasteiger partial charge in [0.25, 0.3) is 0 Å². The first-order valence-corrected chi connectivity index (χ1v) is 12.2. The van der Waals surface area contributed by atoms with Crippen LogP contribution in [0.5, 0.6) is 0 Å². The normalized spacial score (nSPS) is 16.3. The average molecular weight is 377 g/mol. The van der Waals surface area contributed by atoms with E-state index in [0.717, 1.165) is 5.92 Å². The molecule has 0 saturated heterocycles. The largest absolute Gasteiger partial charge is 0.133 e. The predicted molar refractivity (Wildman–Crippen MR) is 118 cm³/mol. The molecule has 0 nitrogen and oxygen atoms in total. The molecule has 0 N–H and O–H groups in total. The van der Waals surface area contributed by atoms with E-state index in [4.69, 9.17) is 0 Å². The zero-order valence-corrected chi connectivity index (χ0v) is 17.9. The van der Waals surface area contributed by atoms with E-state index in [1.54, 1.807) is 4.91 Å². The van der Waals surface area contributed by atoms with E-state index in [-0.39, 0.29) is 0 Å². The predicted octanol–water partition coefficient (Wildman–Crippen LogP) is 8.60. The number of hydrogen-bond donors (Lipinski definition) is 0.